The third-order valence-electron chi connectivity index (χ3n) is 6.76. The van der Waals surface area contributed by atoms with Crippen molar-refractivity contribution in [3.05, 3.63) is 0 Å². The van der Waals surface area contributed by atoms with Gasteiger partial charge in [-0.25, -0.2) is 0 Å². The van der Waals surface area contributed by atoms with Gasteiger partial charge in [-0.3, -0.25) is 4.90 Å². The first-order chi connectivity index (χ1) is 10.3. The van der Waals surface area contributed by atoms with Gasteiger partial charge in [0.25, 0.3) is 0 Å². The summed E-state index contributed by atoms with van der Waals surface area (Å²) in [5.41, 5.74) is 0. The fourth-order valence-corrected chi connectivity index (χ4v) is 5.94. The molecule has 1 saturated heterocycles. The van der Waals surface area contributed by atoms with Crippen molar-refractivity contribution in [1.29, 1.82) is 0 Å². The van der Waals surface area contributed by atoms with Crippen LogP contribution in [0.1, 0.15) is 39.0 Å². The molecule has 0 aromatic carbocycles. The number of nitrogens with zero attached hydrogens (tertiary/aromatic N) is 1. The van der Waals surface area contributed by atoms with Gasteiger partial charge in [0, 0.05) is 25.7 Å². The van der Waals surface area contributed by atoms with Gasteiger partial charge in [-0.2, -0.15) is 0 Å². The Hall–Kier alpha value is -0.120. The monoisotopic (exact) mass is 292 g/mol. The average Bonchev–Trinajstić information content (AvgIpc) is 2.47. The topological polar surface area (TPSA) is 24.5 Å². The molecule has 1 heterocycles. The molecule has 0 radical (unpaired) electrons. The van der Waals surface area contributed by atoms with Gasteiger partial charge in [-0.05, 0) is 75.2 Å². The summed E-state index contributed by atoms with van der Waals surface area (Å²) in [7, 11) is 0. The SMILES string of the molecule is CC(CN1CCOCC1)NCC1C2CC3CC(C2)CC1C3. The van der Waals surface area contributed by atoms with Crippen LogP contribution >= 0.6 is 0 Å². The first-order valence-electron chi connectivity index (χ1n) is 9.31. The van der Waals surface area contributed by atoms with E-state index in [0.29, 0.717) is 6.04 Å². The maximum atomic E-state index is 5.44. The molecule has 5 aliphatic rings. The van der Waals surface area contributed by atoms with E-state index in [1.807, 2.05) is 0 Å². The van der Waals surface area contributed by atoms with Crippen LogP contribution in [0.2, 0.25) is 0 Å². The largest absolute Gasteiger partial charge is 0.379 e. The molecule has 4 aliphatic carbocycles. The fraction of sp³-hybridized carbons (Fsp3) is 1.00. The molecule has 1 N–H and O–H groups in total. The van der Waals surface area contributed by atoms with Crippen molar-refractivity contribution in [1.82, 2.24) is 10.2 Å². The second-order valence-electron chi connectivity index (χ2n) is 8.32. The van der Waals surface area contributed by atoms with E-state index in [1.54, 1.807) is 32.1 Å². The molecule has 0 aromatic rings. The lowest BCUT2D eigenvalue weighted by Gasteiger charge is -2.54. The third kappa shape index (κ3) is 3.16. The van der Waals surface area contributed by atoms with E-state index >= 15 is 0 Å². The Morgan fingerprint density at radius 1 is 1.00 bits per heavy atom. The van der Waals surface area contributed by atoms with E-state index in [1.165, 1.54) is 13.1 Å². The van der Waals surface area contributed by atoms with E-state index in [2.05, 4.69) is 17.1 Å². The van der Waals surface area contributed by atoms with Crippen LogP contribution in [0.5, 0.6) is 0 Å². The number of nitrogens with one attached hydrogen (secondary N) is 1. The van der Waals surface area contributed by atoms with Crippen molar-refractivity contribution < 1.29 is 4.74 Å². The van der Waals surface area contributed by atoms with Crippen LogP contribution in [-0.4, -0.2) is 50.3 Å². The molecule has 5 fully saturated rings. The zero-order valence-electron chi connectivity index (χ0n) is 13.6. The highest BCUT2D eigenvalue weighted by Gasteiger charge is 2.47. The normalized spacial score (nSPS) is 44.1. The summed E-state index contributed by atoms with van der Waals surface area (Å²) >= 11 is 0. The lowest BCUT2D eigenvalue weighted by molar-refractivity contribution is -0.0368. The molecular weight excluding hydrogens is 260 g/mol. The molecule has 3 nitrogen and oxygen atoms in total. The minimum absolute atomic E-state index is 0.625. The highest BCUT2D eigenvalue weighted by Crippen LogP contribution is 2.56. The van der Waals surface area contributed by atoms with Crippen LogP contribution in [0.3, 0.4) is 0 Å². The maximum Gasteiger partial charge on any atom is 0.0594 e. The molecule has 0 amide bonds. The maximum absolute atomic E-state index is 5.44. The zero-order chi connectivity index (χ0) is 14.2. The highest BCUT2D eigenvalue weighted by atomic mass is 16.5. The molecule has 5 rings (SSSR count). The van der Waals surface area contributed by atoms with E-state index < -0.39 is 0 Å². The third-order valence-corrected chi connectivity index (χ3v) is 6.76. The summed E-state index contributed by atoms with van der Waals surface area (Å²) in [6.45, 7) is 8.90. The lowest BCUT2D eigenvalue weighted by atomic mass is 9.52. The van der Waals surface area contributed by atoms with Gasteiger partial charge in [-0.15, -0.1) is 0 Å². The fourth-order valence-electron chi connectivity index (χ4n) is 5.94. The van der Waals surface area contributed by atoms with Crippen molar-refractivity contribution in [3.63, 3.8) is 0 Å². The molecular formula is C18H32N2O. The predicted molar refractivity (Wildman–Crippen MR) is 85.3 cm³/mol. The van der Waals surface area contributed by atoms with Crippen LogP contribution in [0.25, 0.3) is 0 Å². The number of hydrogen-bond donors (Lipinski definition) is 1. The van der Waals surface area contributed by atoms with E-state index in [4.69, 9.17) is 4.74 Å². The second-order valence-corrected chi connectivity index (χ2v) is 8.32. The van der Waals surface area contributed by atoms with Gasteiger partial charge in [0.1, 0.15) is 0 Å². The van der Waals surface area contributed by atoms with Gasteiger partial charge in [0.15, 0.2) is 0 Å². The number of ether oxygens (including phenoxy) is 1. The smallest absolute Gasteiger partial charge is 0.0594 e. The summed E-state index contributed by atoms with van der Waals surface area (Å²) < 4.78 is 5.44. The molecule has 4 bridgehead atoms. The molecule has 3 heteroatoms. The van der Waals surface area contributed by atoms with Crippen LogP contribution in [0.15, 0.2) is 0 Å². The van der Waals surface area contributed by atoms with Crippen molar-refractivity contribution in [2.45, 2.75) is 45.1 Å². The van der Waals surface area contributed by atoms with Gasteiger partial charge < -0.3 is 10.1 Å². The summed E-state index contributed by atoms with van der Waals surface area (Å²) in [5, 5.41) is 3.88. The van der Waals surface area contributed by atoms with Crippen LogP contribution in [0.4, 0.5) is 0 Å². The molecule has 21 heavy (non-hydrogen) atoms. The van der Waals surface area contributed by atoms with E-state index in [0.717, 1.165) is 55.9 Å². The molecule has 120 valence electrons. The second kappa shape index (κ2) is 6.17. The Kier molecular flexibility index (Phi) is 4.25. The van der Waals surface area contributed by atoms with E-state index in [-0.39, 0.29) is 0 Å². The standard InChI is InChI=1S/C18H32N2O/c1-13(12-20-2-4-21-5-3-20)19-11-18-16-7-14-6-15(9-16)10-17(18)8-14/h13-19H,2-12H2,1H3. The van der Waals surface area contributed by atoms with Gasteiger partial charge in [0.05, 0.1) is 13.2 Å². The molecule has 0 spiro atoms. The van der Waals surface area contributed by atoms with Crippen molar-refractivity contribution in [3.8, 4) is 0 Å². The van der Waals surface area contributed by atoms with Crippen LogP contribution < -0.4 is 5.32 Å². The predicted octanol–water partition coefficient (Wildman–Crippen LogP) is 2.37. The van der Waals surface area contributed by atoms with E-state index in [9.17, 15) is 0 Å². The van der Waals surface area contributed by atoms with Crippen molar-refractivity contribution in [2.24, 2.45) is 29.6 Å². The van der Waals surface area contributed by atoms with Gasteiger partial charge >= 0.3 is 0 Å². The number of rotatable bonds is 5. The summed E-state index contributed by atoms with van der Waals surface area (Å²) in [6, 6.07) is 0.625. The molecule has 0 aromatic heterocycles. The zero-order valence-corrected chi connectivity index (χ0v) is 13.6. The minimum atomic E-state index is 0.625. The Bertz CT molecular complexity index is 325. The first-order valence-corrected chi connectivity index (χ1v) is 9.31. The summed E-state index contributed by atoms with van der Waals surface area (Å²) in [4.78, 5) is 2.55. The lowest BCUT2D eigenvalue weighted by Crippen LogP contribution is -2.51. The Morgan fingerprint density at radius 3 is 2.24 bits per heavy atom. The summed E-state index contributed by atoms with van der Waals surface area (Å²) in [6.07, 6.45) is 7.78. The molecule has 1 unspecified atom stereocenters. The van der Waals surface area contributed by atoms with Gasteiger partial charge in [-0.1, -0.05) is 0 Å². The van der Waals surface area contributed by atoms with Gasteiger partial charge in [0.2, 0.25) is 0 Å². The summed E-state index contributed by atoms with van der Waals surface area (Å²) in [5.74, 6) is 5.32. The van der Waals surface area contributed by atoms with Crippen molar-refractivity contribution in [2.75, 3.05) is 39.4 Å². The van der Waals surface area contributed by atoms with Crippen molar-refractivity contribution >= 4 is 0 Å². The Morgan fingerprint density at radius 2 is 1.62 bits per heavy atom. The first kappa shape index (κ1) is 14.5. The van der Waals surface area contributed by atoms with Crippen LogP contribution in [0, 0.1) is 29.6 Å². The molecule has 4 saturated carbocycles. The quantitative estimate of drug-likeness (QED) is 0.842. The minimum Gasteiger partial charge on any atom is -0.379 e. The molecule has 1 atom stereocenters. The van der Waals surface area contributed by atoms with Crippen LogP contribution in [-0.2, 0) is 4.74 Å². The number of morpholine rings is 1. The molecule has 1 aliphatic heterocycles. The number of hydrogen-bond acceptors (Lipinski definition) is 3. The highest BCUT2D eigenvalue weighted by molar-refractivity contribution is 4.98. The Balaban J connectivity index is 1.25. The Labute approximate surface area is 129 Å². The average molecular weight is 292 g/mol.